The fraction of sp³-hybridized carbons (Fsp3) is 0.778. The highest BCUT2D eigenvalue weighted by atomic mass is 32.2. The van der Waals surface area contributed by atoms with Crippen LogP contribution in [0.4, 0.5) is 0 Å². The molecule has 0 saturated carbocycles. The molecule has 0 bridgehead atoms. The van der Waals surface area contributed by atoms with Crippen LogP contribution in [-0.2, 0) is 9.59 Å². The highest BCUT2D eigenvalue weighted by molar-refractivity contribution is 8.00. The molecule has 0 aromatic carbocycles. The molecule has 5 nitrogen and oxygen atoms in total. The minimum Gasteiger partial charge on any atom is -0.480 e. The number of thioether (sulfide) groups is 1. The lowest BCUT2D eigenvalue weighted by Crippen LogP contribution is -2.60. The van der Waals surface area contributed by atoms with Crippen molar-refractivity contribution in [3.8, 4) is 0 Å². The first-order valence-corrected chi connectivity index (χ1v) is 6.08. The smallest absolute Gasteiger partial charge is 0.326 e. The number of aliphatic carboxylic acids is 1. The van der Waals surface area contributed by atoms with Gasteiger partial charge >= 0.3 is 5.97 Å². The molecule has 15 heavy (non-hydrogen) atoms. The van der Waals surface area contributed by atoms with Gasteiger partial charge in [-0.25, -0.2) is 4.79 Å². The lowest BCUT2D eigenvalue weighted by Gasteiger charge is -2.44. The van der Waals surface area contributed by atoms with Crippen LogP contribution in [0.5, 0.6) is 0 Å². The number of nitrogens with two attached hydrogens (primary N) is 1. The first kappa shape index (κ1) is 10.8. The Balaban J connectivity index is 2.21. The standard InChI is InChI=1S/C9H14N2O3S/c10-5-4-15-7-3-1-2-6(9(13)14)11(7)8(5)12/h5-7H,1-4,10H2,(H,13,14)/t5-,6-,7-/m0/s1. The van der Waals surface area contributed by atoms with E-state index in [-0.39, 0.29) is 11.3 Å². The van der Waals surface area contributed by atoms with Gasteiger partial charge in [0, 0.05) is 5.75 Å². The van der Waals surface area contributed by atoms with Crippen molar-refractivity contribution in [2.45, 2.75) is 36.7 Å². The zero-order valence-electron chi connectivity index (χ0n) is 8.26. The summed E-state index contributed by atoms with van der Waals surface area (Å²) in [5, 5.41) is 9.06. The van der Waals surface area contributed by atoms with Crippen molar-refractivity contribution in [1.29, 1.82) is 0 Å². The maximum atomic E-state index is 11.8. The normalized spacial score (nSPS) is 36.2. The number of hydrogen-bond donors (Lipinski definition) is 2. The Morgan fingerprint density at radius 3 is 2.93 bits per heavy atom. The summed E-state index contributed by atoms with van der Waals surface area (Å²) in [4.78, 5) is 24.3. The van der Waals surface area contributed by atoms with Crippen molar-refractivity contribution in [2.24, 2.45) is 5.73 Å². The molecule has 84 valence electrons. The van der Waals surface area contributed by atoms with Crippen LogP contribution in [0.3, 0.4) is 0 Å². The largest absolute Gasteiger partial charge is 0.480 e. The monoisotopic (exact) mass is 230 g/mol. The number of amides is 1. The van der Waals surface area contributed by atoms with E-state index in [0.29, 0.717) is 12.2 Å². The number of rotatable bonds is 1. The van der Waals surface area contributed by atoms with Crippen molar-refractivity contribution < 1.29 is 14.7 Å². The van der Waals surface area contributed by atoms with Gasteiger partial charge in [0.2, 0.25) is 5.91 Å². The SMILES string of the molecule is N[C@H]1CS[C@H]2CCC[C@@H](C(=O)O)N2C1=O. The number of nitrogens with zero attached hydrogens (tertiary/aromatic N) is 1. The molecule has 2 fully saturated rings. The van der Waals surface area contributed by atoms with E-state index in [1.807, 2.05) is 0 Å². The average molecular weight is 230 g/mol. The summed E-state index contributed by atoms with van der Waals surface area (Å²) < 4.78 is 0. The predicted molar refractivity (Wildman–Crippen MR) is 56.3 cm³/mol. The number of piperidine rings is 1. The molecule has 0 radical (unpaired) electrons. The van der Waals surface area contributed by atoms with Gasteiger partial charge in [-0.15, -0.1) is 11.8 Å². The maximum Gasteiger partial charge on any atom is 0.326 e. The van der Waals surface area contributed by atoms with Crippen LogP contribution in [0.25, 0.3) is 0 Å². The molecule has 0 unspecified atom stereocenters. The van der Waals surface area contributed by atoms with Crippen LogP contribution in [0.2, 0.25) is 0 Å². The predicted octanol–water partition coefficient (Wildman–Crippen LogP) is -0.148. The molecule has 2 heterocycles. The van der Waals surface area contributed by atoms with E-state index in [1.165, 1.54) is 4.90 Å². The van der Waals surface area contributed by atoms with E-state index in [1.54, 1.807) is 11.8 Å². The third kappa shape index (κ3) is 1.83. The second-order valence-corrected chi connectivity index (χ2v) is 5.14. The molecule has 2 rings (SSSR count). The maximum absolute atomic E-state index is 11.8. The number of fused-ring (bicyclic) bond motifs is 1. The number of carbonyl (C=O) groups excluding carboxylic acids is 1. The van der Waals surface area contributed by atoms with Crippen molar-refractivity contribution in [3.63, 3.8) is 0 Å². The fourth-order valence-corrected chi connectivity index (χ4v) is 3.46. The molecule has 0 aromatic rings. The van der Waals surface area contributed by atoms with Gasteiger partial charge in [0.25, 0.3) is 0 Å². The Morgan fingerprint density at radius 1 is 1.53 bits per heavy atom. The fourth-order valence-electron chi connectivity index (χ4n) is 2.14. The quantitative estimate of drug-likeness (QED) is 0.654. The van der Waals surface area contributed by atoms with Crippen LogP contribution < -0.4 is 5.73 Å². The van der Waals surface area contributed by atoms with Gasteiger partial charge in [0.1, 0.15) is 6.04 Å². The topological polar surface area (TPSA) is 83.6 Å². The number of carboxylic acid groups (broad SMARTS) is 1. The first-order chi connectivity index (χ1) is 7.11. The Hall–Kier alpha value is -0.750. The molecular formula is C9H14N2O3S. The Kier molecular flexibility index (Phi) is 2.88. The van der Waals surface area contributed by atoms with Gasteiger partial charge in [-0.3, -0.25) is 4.79 Å². The average Bonchev–Trinajstić information content (AvgIpc) is 2.23. The molecule has 1 amide bonds. The van der Waals surface area contributed by atoms with E-state index in [2.05, 4.69) is 0 Å². The second kappa shape index (κ2) is 4.02. The number of carbonyl (C=O) groups is 2. The summed E-state index contributed by atoms with van der Waals surface area (Å²) in [7, 11) is 0. The zero-order chi connectivity index (χ0) is 11.0. The molecule has 2 aliphatic heterocycles. The van der Waals surface area contributed by atoms with Crippen molar-refractivity contribution in [3.05, 3.63) is 0 Å². The molecule has 0 aromatic heterocycles. The zero-order valence-corrected chi connectivity index (χ0v) is 9.07. The third-order valence-electron chi connectivity index (χ3n) is 2.90. The third-order valence-corrected chi connectivity index (χ3v) is 4.30. The molecule has 0 spiro atoms. The summed E-state index contributed by atoms with van der Waals surface area (Å²) >= 11 is 1.60. The Bertz CT molecular complexity index is 297. The van der Waals surface area contributed by atoms with Gasteiger partial charge in [0.15, 0.2) is 0 Å². The minimum absolute atomic E-state index is 0.0205. The Labute approximate surface area is 92.0 Å². The van der Waals surface area contributed by atoms with Gasteiger partial charge < -0.3 is 15.7 Å². The van der Waals surface area contributed by atoms with Gasteiger partial charge in [0.05, 0.1) is 11.4 Å². The minimum atomic E-state index is -0.914. The summed E-state index contributed by atoms with van der Waals surface area (Å²) in [5.41, 5.74) is 5.64. The van der Waals surface area contributed by atoms with E-state index >= 15 is 0 Å². The molecule has 6 heteroatoms. The molecular weight excluding hydrogens is 216 g/mol. The van der Waals surface area contributed by atoms with Crippen molar-refractivity contribution >= 4 is 23.6 Å². The molecule has 2 saturated heterocycles. The summed E-state index contributed by atoms with van der Waals surface area (Å²) in [6.45, 7) is 0. The van der Waals surface area contributed by atoms with Crippen LogP contribution in [0, 0.1) is 0 Å². The van der Waals surface area contributed by atoms with Gasteiger partial charge in [-0.05, 0) is 19.3 Å². The second-order valence-electron chi connectivity index (χ2n) is 3.92. The highest BCUT2D eigenvalue weighted by Crippen LogP contribution is 2.34. The lowest BCUT2D eigenvalue weighted by atomic mass is 10.0. The van der Waals surface area contributed by atoms with E-state index in [9.17, 15) is 9.59 Å². The van der Waals surface area contributed by atoms with E-state index in [4.69, 9.17) is 10.8 Å². The molecule has 3 atom stereocenters. The van der Waals surface area contributed by atoms with Gasteiger partial charge in [-0.1, -0.05) is 0 Å². The van der Waals surface area contributed by atoms with Crippen molar-refractivity contribution in [2.75, 3.05) is 5.75 Å². The van der Waals surface area contributed by atoms with Crippen molar-refractivity contribution in [1.82, 2.24) is 4.90 Å². The van der Waals surface area contributed by atoms with E-state index in [0.717, 1.165) is 12.8 Å². The van der Waals surface area contributed by atoms with Crippen LogP contribution in [0.15, 0.2) is 0 Å². The molecule has 2 aliphatic rings. The van der Waals surface area contributed by atoms with Crippen LogP contribution in [0.1, 0.15) is 19.3 Å². The number of hydrogen-bond acceptors (Lipinski definition) is 4. The Morgan fingerprint density at radius 2 is 2.27 bits per heavy atom. The first-order valence-electron chi connectivity index (χ1n) is 5.03. The lowest BCUT2D eigenvalue weighted by molar-refractivity contribution is -0.153. The number of carboxylic acids is 1. The van der Waals surface area contributed by atoms with Crippen LogP contribution in [-0.4, -0.2) is 45.1 Å². The van der Waals surface area contributed by atoms with Gasteiger partial charge in [-0.2, -0.15) is 0 Å². The summed E-state index contributed by atoms with van der Waals surface area (Å²) in [6, 6.07) is -1.21. The summed E-state index contributed by atoms with van der Waals surface area (Å²) in [6.07, 6.45) is 2.30. The molecule has 3 N–H and O–H groups in total. The molecule has 0 aliphatic carbocycles. The van der Waals surface area contributed by atoms with E-state index < -0.39 is 18.1 Å². The summed E-state index contributed by atoms with van der Waals surface area (Å²) in [5.74, 6) is -0.514. The highest BCUT2D eigenvalue weighted by Gasteiger charge is 2.43. The van der Waals surface area contributed by atoms with Crippen LogP contribution >= 0.6 is 11.8 Å².